The molecule has 1 aliphatic carbocycles. The van der Waals surface area contributed by atoms with Crippen LogP contribution in [0.2, 0.25) is 5.02 Å². The number of nitrogens with one attached hydrogen (secondary N) is 1. The van der Waals surface area contributed by atoms with Crippen molar-refractivity contribution in [2.45, 2.75) is 71.5 Å². The summed E-state index contributed by atoms with van der Waals surface area (Å²) in [5, 5.41) is 3.61. The molecule has 0 bridgehead atoms. The van der Waals surface area contributed by atoms with Crippen LogP contribution < -0.4 is 9.62 Å². The number of hydrogen-bond acceptors (Lipinski definition) is 4. The van der Waals surface area contributed by atoms with E-state index in [0.29, 0.717) is 10.7 Å². The van der Waals surface area contributed by atoms with E-state index >= 15 is 0 Å². The van der Waals surface area contributed by atoms with Gasteiger partial charge < -0.3 is 10.2 Å². The Morgan fingerprint density at radius 1 is 1.08 bits per heavy atom. The minimum atomic E-state index is -3.77. The summed E-state index contributed by atoms with van der Waals surface area (Å²) < 4.78 is 26.6. The molecule has 3 rings (SSSR count). The predicted molar refractivity (Wildman–Crippen MR) is 145 cm³/mol. The lowest BCUT2D eigenvalue weighted by molar-refractivity contribution is -0.139. The van der Waals surface area contributed by atoms with Gasteiger partial charge in [0.2, 0.25) is 21.8 Å². The normalized spacial score (nSPS) is 15.2. The van der Waals surface area contributed by atoms with Crippen molar-refractivity contribution in [3.63, 3.8) is 0 Å². The highest BCUT2D eigenvalue weighted by Crippen LogP contribution is 2.25. The van der Waals surface area contributed by atoms with Gasteiger partial charge in [0, 0.05) is 17.6 Å². The van der Waals surface area contributed by atoms with Crippen molar-refractivity contribution in [1.29, 1.82) is 0 Å². The van der Waals surface area contributed by atoms with Gasteiger partial charge in [0.05, 0.1) is 11.9 Å². The zero-order chi connectivity index (χ0) is 26.5. The van der Waals surface area contributed by atoms with E-state index in [1.54, 1.807) is 31.2 Å². The lowest BCUT2D eigenvalue weighted by Gasteiger charge is -2.33. The van der Waals surface area contributed by atoms with Gasteiger partial charge in [0.1, 0.15) is 12.6 Å². The number of benzene rings is 2. The summed E-state index contributed by atoms with van der Waals surface area (Å²) in [6.45, 7) is 5.14. The van der Waals surface area contributed by atoms with Gasteiger partial charge in [-0.15, -0.1) is 0 Å². The number of anilines is 1. The number of nitrogens with zero attached hydrogens (tertiary/aromatic N) is 2. The lowest BCUT2D eigenvalue weighted by atomic mass is 9.95. The number of amides is 2. The van der Waals surface area contributed by atoms with Crippen molar-refractivity contribution >= 4 is 39.1 Å². The summed E-state index contributed by atoms with van der Waals surface area (Å²) in [5.41, 5.74) is 2.94. The highest BCUT2D eigenvalue weighted by molar-refractivity contribution is 7.92. The number of carbonyl (C=O) groups excluding carboxylic acids is 2. The molecule has 1 fully saturated rings. The molecule has 36 heavy (non-hydrogen) atoms. The highest BCUT2D eigenvalue weighted by atomic mass is 35.5. The number of rotatable bonds is 9. The average Bonchev–Trinajstić information content (AvgIpc) is 2.81. The molecular weight excluding hydrogens is 498 g/mol. The Hall–Kier alpha value is -2.58. The molecule has 1 N–H and O–H groups in total. The van der Waals surface area contributed by atoms with Crippen molar-refractivity contribution in [2.75, 3.05) is 17.1 Å². The Kier molecular flexibility index (Phi) is 9.41. The molecule has 2 aromatic rings. The third-order valence-electron chi connectivity index (χ3n) is 6.66. The van der Waals surface area contributed by atoms with E-state index in [1.165, 1.54) is 11.3 Å². The van der Waals surface area contributed by atoms with E-state index in [0.717, 1.165) is 52.9 Å². The van der Waals surface area contributed by atoms with Gasteiger partial charge in [-0.05, 0) is 62.9 Å². The Morgan fingerprint density at radius 3 is 2.39 bits per heavy atom. The zero-order valence-electron chi connectivity index (χ0n) is 21.5. The molecule has 1 unspecified atom stereocenters. The maximum Gasteiger partial charge on any atom is 0.244 e. The number of carbonyl (C=O) groups is 2. The number of halogens is 1. The Morgan fingerprint density at radius 2 is 1.78 bits per heavy atom. The molecule has 0 heterocycles. The van der Waals surface area contributed by atoms with Crippen LogP contribution in [0.15, 0.2) is 42.5 Å². The van der Waals surface area contributed by atoms with E-state index in [9.17, 15) is 18.0 Å². The van der Waals surface area contributed by atoms with Crippen LogP contribution in [0.3, 0.4) is 0 Å². The molecule has 9 heteroatoms. The summed E-state index contributed by atoms with van der Waals surface area (Å²) in [5.74, 6) is -0.707. The van der Waals surface area contributed by atoms with E-state index in [2.05, 4.69) is 5.32 Å². The minimum Gasteiger partial charge on any atom is -0.352 e. The first-order chi connectivity index (χ1) is 17.0. The van der Waals surface area contributed by atoms with Crippen LogP contribution in [-0.2, 0) is 26.2 Å². The van der Waals surface area contributed by atoms with Gasteiger partial charge in [0.25, 0.3) is 0 Å². The van der Waals surface area contributed by atoms with Gasteiger partial charge in [-0.3, -0.25) is 13.9 Å². The molecule has 196 valence electrons. The Labute approximate surface area is 219 Å². The fourth-order valence-electron chi connectivity index (χ4n) is 4.66. The first-order valence-electron chi connectivity index (χ1n) is 12.3. The first-order valence-corrected chi connectivity index (χ1v) is 14.6. The number of sulfonamides is 1. The van der Waals surface area contributed by atoms with Crippen molar-refractivity contribution in [3.05, 3.63) is 64.2 Å². The quantitative estimate of drug-likeness (QED) is 0.511. The van der Waals surface area contributed by atoms with Gasteiger partial charge in [-0.1, -0.05) is 60.7 Å². The van der Waals surface area contributed by atoms with E-state index in [1.807, 2.05) is 32.0 Å². The van der Waals surface area contributed by atoms with Crippen LogP contribution in [0, 0.1) is 13.8 Å². The Balaban J connectivity index is 1.89. The van der Waals surface area contributed by atoms with Crippen LogP contribution >= 0.6 is 11.6 Å². The number of hydrogen-bond donors (Lipinski definition) is 1. The van der Waals surface area contributed by atoms with E-state index in [-0.39, 0.29) is 18.5 Å². The molecule has 0 aliphatic heterocycles. The number of aryl methyl sites for hydroxylation is 2. The third-order valence-corrected chi connectivity index (χ3v) is 8.02. The first kappa shape index (κ1) is 28.0. The molecule has 7 nitrogen and oxygen atoms in total. The van der Waals surface area contributed by atoms with Gasteiger partial charge in [-0.25, -0.2) is 8.42 Å². The van der Waals surface area contributed by atoms with Crippen LogP contribution in [0.1, 0.15) is 55.7 Å². The molecule has 1 atom stereocenters. The molecule has 2 aromatic carbocycles. The monoisotopic (exact) mass is 533 g/mol. The van der Waals surface area contributed by atoms with Crippen molar-refractivity contribution in [1.82, 2.24) is 10.2 Å². The predicted octanol–water partition coefficient (Wildman–Crippen LogP) is 4.59. The fourth-order valence-corrected chi connectivity index (χ4v) is 5.78. The highest BCUT2D eigenvalue weighted by Gasteiger charge is 2.31. The lowest BCUT2D eigenvalue weighted by Crippen LogP contribution is -2.53. The molecule has 0 aromatic heterocycles. The molecular formula is C27H36ClN3O4S. The molecule has 0 radical (unpaired) electrons. The van der Waals surface area contributed by atoms with Crippen molar-refractivity contribution in [3.8, 4) is 0 Å². The second-order valence-corrected chi connectivity index (χ2v) is 12.1. The van der Waals surface area contributed by atoms with Gasteiger partial charge in [0.15, 0.2) is 0 Å². The van der Waals surface area contributed by atoms with Crippen molar-refractivity contribution in [2.24, 2.45) is 0 Å². The molecule has 1 saturated carbocycles. The maximum atomic E-state index is 13.7. The second-order valence-electron chi connectivity index (χ2n) is 9.73. The van der Waals surface area contributed by atoms with Crippen molar-refractivity contribution < 1.29 is 18.0 Å². The fraction of sp³-hybridized carbons (Fsp3) is 0.481. The third kappa shape index (κ3) is 7.46. The molecule has 1 aliphatic rings. The average molecular weight is 534 g/mol. The maximum absolute atomic E-state index is 13.7. The summed E-state index contributed by atoms with van der Waals surface area (Å²) in [6.07, 6.45) is 6.25. The summed E-state index contributed by atoms with van der Waals surface area (Å²) in [6, 6.07) is 11.8. The van der Waals surface area contributed by atoms with Crippen LogP contribution in [0.4, 0.5) is 5.69 Å². The zero-order valence-corrected chi connectivity index (χ0v) is 23.0. The van der Waals surface area contributed by atoms with Gasteiger partial charge >= 0.3 is 0 Å². The summed E-state index contributed by atoms with van der Waals surface area (Å²) in [7, 11) is -3.77. The topological polar surface area (TPSA) is 86.8 Å². The molecule has 0 saturated heterocycles. The van der Waals surface area contributed by atoms with E-state index < -0.39 is 28.5 Å². The van der Waals surface area contributed by atoms with Gasteiger partial charge in [-0.2, -0.15) is 0 Å². The minimum absolute atomic E-state index is 0.0968. The standard InChI is InChI=1S/C27H36ClN3O4S/c1-19-13-14-25(20(2)15-19)31(36(4,34)35)18-26(32)30(17-22-9-8-10-23(28)16-22)21(3)27(33)29-24-11-6-5-7-12-24/h8-10,13-16,21,24H,5-7,11-12,17-18H2,1-4H3,(H,29,33). The van der Waals surface area contributed by atoms with Crippen LogP contribution in [0.25, 0.3) is 0 Å². The SMILES string of the molecule is Cc1ccc(N(CC(=O)N(Cc2cccc(Cl)c2)C(C)C(=O)NC2CCCCC2)S(C)(=O)=O)c(C)c1. The summed E-state index contributed by atoms with van der Waals surface area (Å²) in [4.78, 5) is 28.3. The Bertz CT molecular complexity index is 1200. The molecule has 0 spiro atoms. The summed E-state index contributed by atoms with van der Waals surface area (Å²) >= 11 is 6.16. The van der Waals surface area contributed by atoms with Crippen LogP contribution in [-0.4, -0.2) is 50.0 Å². The largest absolute Gasteiger partial charge is 0.352 e. The molecule has 2 amide bonds. The smallest absolute Gasteiger partial charge is 0.244 e. The second kappa shape index (κ2) is 12.1. The van der Waals surface area contributed by atoms with Crippen LogP contribution in [0.5, 0.6) is 0 Å². The van der Waals surface area contributed by atoms with E-state index in [4.69, 9.17) is 11.6 Å².